The van der Waals surface area contributed by atoms with Crippen molar-refractivity contribution in [1.29, 1.82) is 0 Å². The Labute approximate surface area is 94.3 Å². The van der Waals surface area contributed by atoms with Crippen LogP contribution in [0.25, 0.3) is 0 Å². The molecular weight excluding hydrogens is 206 g/mol. The monoisotopic (exact) mass is 221 g/mol. The summed E-state index contributed by atoms with van der Waals surface area (Å²) in [7, 11) is 0. The molecule has 0 aromatic carbocycles. The number of esters is 1. The van der Waals surface area contributed by atoms with E-state index in [2.05, 4.69) is 17.3 Å². The molecule has 0 fully saturated rings. The Balaban J connectivity index is 2.21. The number of carbonyl (C=O) groups is 1. The Morgan fingerprint density at radius 3 is 3.25 bits per heavy atom. The molecule has 0 aliphatic heterocycles. The molecule has 1 atom stereocenters. The van der Waals surface area contributed by atoms with Gasteiger partial charge in [-0.1, -0.05) is 17.3 Å². The zero-order chi connectivity index (χ0) is 11.4. The maximum atomic E-state index is 11.6. The number of rotatable bonds is 3. The molecular formula is C12H15NO3. The van der Waals surface area contributed by atoms with Gasteiger partial charge < -0.3 is 9.26 Å². The molecule has 86 valence electrons. The third-order valence-electron chi connectivity index (χ3n) is 2.72. The molecule has 16 heavy (non-hydrogen) atoms. The average molecular weight is 221 g/mol. The van der Waals surface area contributed by atoms with Gasteiger partial charge in [0.25, 0.3) is 0 Å². The van der Waals surface area contributed by atoms with Crippen molar-refractivity contribution < 1.29 is 14.1 Å². The van der Waals surface area contributed by atoms with Crippen molar-refractivity contribution in [3.8, 4) is 0 Å². The molecule has 1 aliphatic rings. The number of ether oxygens (including phenoxy) is 1. The summed E-state index contributed by atoms with van der Waals surface area (Å²) in [6.07, 6.45) is 9.07. The van der Waals surface area contributed by atoms with Crippen molar-refractivity contribution in [1.82, 2.24) is 5.16 Å². The average Bonchev–Trinajstić information content (AvgIpc) is 2.79. The second-order valence-corrected chi connectivity index (χ2v) is 3.80. The Bertz CT molecular complexity index is 395. The minimum atomic E-state index is -0.398. The van der Waals surface area contributed by atoms with Gasteiger partial charge in [-0.15, -0.1) is 0 Å². The summed E-state index contributed by atoms with van der Waals surface area (Å²) in [6.45, 7) is 2.13. The Hall–Kier alpha value is -1.58. The smallest absolute Gasteiger partial charge is 0.360 e. The summed E-state index contributed by atoms with van der Waals surface area (Å²) in [5.74, 6) is -0.162. The van der Waals surface area contributed by atoms with Gasteiger partial charge in [-0.3, -0.25) is 0 Å². The third kappa shape index (κ3) is 2.15. The number of carbonyl (C=O) groups excluding carboxylic acids is 1. The summed E-state index contributed by atoms with van der Waals surface area (Å²) in [4.78, 5) is 11.6. The Kier molecular flexibility index (Phi) is 3.39. The minimum absolute atomic E-state index is 0.236. The van der Waals surface area contributed by atoms with Crippen LogP contribution >= 0.6 is 0 Å². The van der Waals surface area contributed by atoms with Gasteiger partial charge in [-0.05, 0) is 26.2 Å². The summed E-state index contributed by atoms with van der Waals surface area (Å²) in [5, 5.41) is 3.73. The molecule has 0 radical (unpaired) electrons. The van der Waals surface area contributed by atoms with E-state index in [0.717, 1.165) is 24.8 Å². The number of hydrogen-bond acceptors (Lipinski definition) is 4. The molecule has 1 unspecified atom stereocenters. The molecule has 0 amide bonds. The van der Waals surface area contributed by atoms with Crippen LogP contribution in [0.4, 0.5) is 0 Å². The van der Waals surface area contributed by atoms with Crippen LogP contribution in [0.15, 0.2) is 22.9 Å². The second kappa shape index (κ2) is 4.96. The maximum absolute atomic E-state index is 11.6. The van der Waals surface area contributed by atoms with Gasteiger partial charge in [-0.2, -0.15) is 0 Å². The van der Waals surface area contributed by atoms with Gasteiger partial charge in [0.15, 0.2) is 5.69 Å². The van der Waals surface area contributed by atoms with E-state index in [1.807, 2.05) is 0 Å². The van der Waals surface area contributed by atoms with Gasteiger partial charge >= 0.3 is 5.97 Å². The predicted octanol–water partition coefficient (Wildman–Crippen LogP) is 2.68. The standard InChI is InChI=1S/C12H15NO3/c1-2-15-12(14)11-10(8-16-13-11)9-6-4-3-5-7-9/h4,6,8-9H,2-3,5,7H2,1H3. The lowest BCUT2D eigenvalue weighted by molar-refractivity contribution is 0.0513. The lowest BCUT2D eigenvalue weighted by Crippen LogP contribution is -2.10. The van der Waals surface area contributed by atoms with E-state index >= 15 is 0 Å². The molecule has 4 heteroatoms. The van der Waals surface area contributed by atoms with Gasteiger partial charge in [-0.25, -0.2) is 4.79 Å². The van der Waals surface area contributed by atoms with E-state index in [1.165, 1.54) is 0 Å². The fraction of sp³-hybridized carbons (Fsp3) is 0.500. The Morgan fingerprint density at radius 1 is 1.69 bits per heavy atom. The molecule has 0 saturated carbocycles. The van der Waals surface area contributed by atoms with Crippen molar-refractivity contribution >= 4 is 5.97 Å². The minimum Gasteiger partial charge on any atom is -0.461 e. The van der Waals surface area contributed by atoms with Gasteiger partial charge in [0.05, 0.1) is 6.61 Å². The molecule has 4 nitrogen and oxygen atoms in total. The van der Waals surface area contributed by atoms with Crippen LogP contribution in [0, 0.1) is 0 Å². The number of aromatic nitrogens is 1. The third-order valence-corrected chi connectivity index (χ3v) is 2.72. The van der Waals surface area contributed by atoms with Crippen LogP contribution < -0.4 is 0 Å². The van der Waals surface area contributed by atoms with Crippen molar-refractivity contribution in [2.75, 3.05) is 6.61 Å². The molecule has 1 aliphatic carbocycles. The lowest BCUT2D eigenvalue weighted by atomic mass is 9.90. The topological polar surface area (TPSA) is 52.3 Å². The largest absolute Gasteiger partial charge is 0.461 e. The molecule has 2 rings (SSSR count). The first kappa shape index (κ1) is 10.9. The molecule has 1 aromatic rings. The fourth-order valence-electron chi connectivity index (χ4n) is 1.93. The van der Waals surface area contributed by atoms with E-state index in [-0.39, 0.29) is 5.92 Å². The van der Waals surface area contributed by atoms with Crippen LogP contribution in [0.1, 0.15) is 48.2 Å². The normalized spacial score (nSPS) is 19.7. The van der Waals surface area contributed by atoms with E-state index in [4.69, 9.17) is 9.26 Å². The quantitative estimate of drug-likeness (QED) is 0.581. The van der Waals surface area contributed by atoms with Crippen LogP contribution in [0.3, 0.4) is 0 Å². The fourth-order valence-corrected chi connectivity index (χ4v) is 1.93. The lowest BCUT2D eigenvalue weighted by Gasteiger charge is -2.14. The van der Waals surface area contributed by atoms with Gasteiger partial charge in [0.1, 0.15) is 6.26 Å². The molecule has 1 aromatic heterocycles. The van der Waals surface area contributed by atoms with Crippen molar-refractivity contribution in [2.45, 2.75) is 32.1 Å². The predicted molar refractivity (Wildman–Crippen MR) is 58.2 cm³/mol. The summed E-state index contributed by atoms with van der Waals surface area (Å²) >= 11 is 0. The van der Waals surface area contributed by atoms with Crippen LogP contribution in [-0.2, 0) is 4.74 Å². The SMILES string of the molecule is CCOC(=O)c1nocc1C1C=CCCC1. The summed E-state index contributed by atoms with van der Waals surface area (Å²) in [5.41, 5.74) is 1.16. The zero-order valence-corrected chi connectivity index (χ0v) is 9.31. The first-order valence-corrected chi connectivity index (χ1v) is 5.61. The first-order chi connectivity index (χ1) is 7.83. The highest BCUT2D eigenvalue weighted by Gasteiger charge is 2.23. The summed E-state index contributed by atoms with van der Waals surface area (Å²) < 4.78 is 9.81. The van der Waals surface area contributed by atoms with Crippen molar-refractivity contribution in [3.63, 3.8) is 0 Å². The van der Waals surface area contributed by atoms with Crippen LogP contribution in [0.2, 0.25) is 0 Å². The molecule has 1 heterocycles. The molecule has 0 bridgehead atoms. The number of hydrogen-bond donors (Lipinski definition) is 0. The van der Waals surface area contributed by atoms with E-state index in [1.54, 1.807) is 13.2 Å². The molecule has 0 N–H and O–H groups in total. The second-order valence-electron chi connectivity index (χ2n) is 3.80. The van der Waals surface area contributed by atoms with Gasteiger partial charge in [0, 0.05) is 11.5 Å². The molecule has 0 saturated heterocycles. The number of nitrogens with zero attached hydrogens (tertiary/aromatic N) is 1. The first-order valence-electron chi connectivity index (χ1n) is 5.61. The summed E-state index contributed by atoms with van der Waals surface area (Å²) in [6, 6.07) is 0. The van der Waals surface area contributed by atoms with E-state index in [0.29, 0.717) is 12.3 Å². The van der Waals surface area contributed by atoms with E-state index in [9.17, 15) is 4.79 Å². The molecule has 0 spiro atoms. The highest BCUT2D eigenvalue weighted by atomic mass is 16.5. The van der Waals surface area contributed by atoms with Crippen LogP contribution in [0.5, 0.6) is 0 Å². The van der Waals surface area contributed by atoms with Crippen LogP contribution in [-0.4, -0.2) is 17.7 Å². The maximum Gasteiger partial charge on any atom is 0.360 e. The van der Waals surface area contributed by atoms with Gasteiger partial charge in [0.2, 0.25) is 0 Å². The highest BCUT2D eigenvalue weighted by Crippen LogP contribution is 2.29. The Morgan fingerprint density at radius 2 is 2.56 bits per heavy atom. The zero-order valence-electron chi connectivity index (χ0n) is 9.31. The number of allylic oxidation sites excluding steroid dienone is 2. The van der Waals surface area contributed by atoms with Crippen molar-refractivity contribution in [2.24, 2.45) is 0 Å². The van der Waals surface area contributed by atoms with Crippen molar-refractivity contribution in [3.05, 3.63) is 29.7 Å². The highest BCUT2D eigenvalue weighted by molar-refractivity contribution is 5.88. The van der Waals surface area contributed by atoms with E-state index < -0.39 is 5.97 Å².